The van der Waals surface area contributed by atoms with Crippen LogP contribution < -0.4 is 0 Å². The Bertz CT molecular complexity index is 68.9. The lowest BCUT2D eigenvalue weighted by Gasteiger charge is -2.33. The first-order valence-electron chi connectivity index (χ1n) is 3.99. The van der Waals surface area contributed by atoms with Gasteiger partial charge in [-0.25, -0.2) is 0 Å². The van der Waals surface area contributed by atoms with Crippen LogP contribution in [0.5, 0.6) is 0 Å². The van der Waals surface area contributed by atoms with E-state index in [1.54, 1.807) is 0 Å². The van der Waals surface area contributed by atoms with Crippen LogP contribution in [-0.4, -0.2) is 36.8 Å². The van der Waals surface area contributed by atoms with Crippen molar-refractivity contribution < 1.29 is 5.11 Å². The van der Waals surface area contributed by atoms with Crippen molar-refractivity contribution in [1.29, 1.82) is 0 Å². The molecule has 2 heteroatoms. The highest BCUT2D eigenvalue weighted by molar-refractivity contribution is 4.76. The highest BCUT2D eigenvalue weighted by Crippen LogP contribution is 2.22. The smallest absolute Gasteiger partial charge is 0.0319 e. The minimum Gasteiger partial charge on any atom is -0.400 e. The molecule has 0 saturated heterocycles. The average Bonchev–Trinajstić information content (AvgIpc) is 1.89. The fourth-order valence-electron chi connectivity index (χ4n) is 1.09. The second-order valence-electron chi connectivity index (χ2n) is 2.66. The third-order valence-electron chi connectivity index (χ3n) is 2.20. The van der Waals surface area contributed by atoms with Gasteiger partial charge in [0, 0.05) is 13.2 Å². The second-order valence-corrected chi connectivity index (χ2v) is 2.66. The molecule has 10 heavy (non-hydrogen) atoms. The number of aliphatic hydroxyl groups excluding tert-OH is 1. The Kier molecular flexibility index (Phi) is 5.64. The molecule has 1 saturated carbocycles. The Morgan fingerprint density at radius 1 is 1.40 bits per heavy atom. The van der Waals surface area contributed by atoms with E-state index in [0.29, 0.717) is 0 Å². The summed E-state index contributed by atoms with van der Waals surface area (Å²) in [6.07, 6.45) is 4.32. The first-order chi connectivity index (χ1) is 4.84. The number of rotatable bonds is 2. The van der Waals surface area contributed by atoms with E-state index in [0.717, 1.165) is 13.2 Å². The summed E-state index contributed by atoms with van der Waals surface area (Å²) < 4.78 is 0. The van der Waals surface area contributed by atoms with Crippen molar-refractivity contribution in [2.45, 2.75) is 32.2 Å². The number of aliphatic hydroxyl groups is 1. The zero-order chi connectivity index (χ0) is 7.98. The van der Waals surface area contributed by atoms with Gasteiger partial charge in [-0.2, -0.15) is 0 Å². The highest BCUT2D eigenvalue weighted by Gasteiger charge is 2.19. The number of hydrogen-bond acceptors (Lipinski definition) is 2. The molecule has 1 rings (SSSR count). The minimum absolute atomic E-state index is 0.931. The van der Waals surface area contributed by atoms with Crippen LogP contribution in [0, 0.1) is 0 Å². The van der Waals surface area contributed by atoms with Gasteiger partial charge in [0.15, 0.2) is 0 Å². The quantitative estimate of drug-likeness (QED) is 0.629. The zero-order valence-electron chi connectivity index (χ0n) is 7.30. The van der Waals surface area contributed by atoms with E-state index >= 15 is 0 Å². The van der Waals surface area contributed by atoms with E-state index in [1.807, 2.05) is 0 Å². The largest absolute Gasteiger partial charge is 0.400 e. The minimum atomic E-state index is 0.931. The van der Waals surface area contributed by atoms with Gasteiger partial charge in [0.05, 0.1) is 0 Å². The molecule has 62 valence electrons. The zero-order valence-corrected chi connectivity index (χ0v) is 7.30. The molecule has 0 bridgehead atoms. The van der Waals surface area contributed by atoms with Gasteiger partial charge in [0.25, 0.3) is 0 Å². The molecule has 0 aromatic rings. The molecule has 0 spiro atoms. The molecule has 0 unspecified atom stereocenters. The molecule has 0 atom stereocenters. The fourth-order valence-corrected chi connectivity index (χ4v) is 1.09. The normalized spacial score (nSPS) is 17.7. The molecule has 0 amide bonds. The third kappa shape index (κ3) is 2.67. The average molecular weight is 145 g/mol. The molecule has 2 nitrogen and oxygen atoms in total. The summed E-state index contributed by atoms with van der Waals surface area (Å²) in [5.74, 6) is 0. The fraction of sp³-hybridized carbons (Fsp3) is 1.00. The Morgan fingerprint density at radius 3 is 2.00 bits per heavy atom. The summed E-state index contributed by atoms with van der Waals surface area (Å²) >= 11 is 0. The van der Waals surface area contributed by atoms with Gasteiger partial charge >= 0.3 is 0 Å². The molecule has 1 N–H and O–H groups in total. The van der Waals surface area contributed by atoms with E-state index < -0.39 is 0 Å². The molecule has 1 aliphatic rings. The van der Waals surface area contributed by atoms with Crippen molar-refractivity contribution in [3.05, 3.63) is 0 Å². The maximum absolute atomic E-state index is 7.00. The summed E-state index contributed by atoms with van der Waals surface area (Å²) in [4.78, 5) is 2.43. The summed E-state index contributed by atoms with van der Waals surface area (Å²) in [6, 6.07) is 0.931. The molecular formula is C8H19NO. The van der Waals surface area contributed by atoms with Gasteiger partial charge in [0.2, 0.25) is 0 Å². The Balaban J connectivity index is 0.000000371. The van der Waals surface area contributed by atoms with Crippen LogP contribution in [0.1, 0.15) is 26.2 Å². The first kappa shape index (κ1) is 9.92. The Labute approximate surface area is 63.8 Å². The maximum Gasteiger partial charge on any atom is 0.0319 e. The van der Waals surface area contributed by atoms with Crippen molar-refractivity contribution >= 4 is 0 Å². The van der Waals surface area contributed by atoms with Gasteiger partial charge in [0.1, 0.15) is 0 Å². The lowest BCUT2D eigenvalue weighted by molar-refractivity contribution is 0.167. The van der Waals surface area contributed by atoms with Crippen molar-refractivity contribution in [2.75, 3.05) is 20.7 Å². The molecular weight excluding hydrogens is 126 g/mol. The lowest BCUT2D eigenvalue weighted by atomic mass is 9.92. The van der Waals surface area contributed by atoms with Gasteiger partial charge < -0.3 is 10.0 Å². The van der Waals surface area contributed by atoms with Crippen LogP contribution in [0.2, 0.25) is 0 Å². The van der Waals surface area contributed by atoms with E-state index in [4.69, 9.17) is 5.11 Å². The van der Waals surface area contributed by atoms with Crippen molar-refractivity contribution in [1.82, 2.24) is 4.90 Å². The van der Waals surface area contributed by atoms with E-state index in [2.05, 4.69) is 18.9 Å². The summed E-state index contributed by atoms with van der Waals surface area (Å²) in [5.41, 5.74) is 0. The van der Waals surface area contributed by atoms with Gasteiger partial charge in [-0.05, 0) is 26.4 Å². The molecule has 0 heterocycles. The van der Waals surface area contributed by atoms with Crippen LogP contribution in [0.4, 0.5) is 0 Å². The standard InChI is InChI=1S/C7H15N.CH4O/c1-3-8(2)7-5-4-6-7;1-2/h7H,3-6H2,1-2H3;2H,1H3. The SMILES string of the molecule is CCN(C)C1CCC1.CO. The van der Waals surface area contributed by atoms with E-state index in [-0.39, 0.29) is 0 Å². The molecule has 0 radical (unpaired) electrons. The van der Waals surface area contributed by atoms with Gasteiger partial charge in [-0.1, -0.05) is 13.3 Å². The first-order valence-corrected chi connectivity index (χ1v) is 3.99. The van der Waals surface area contributed by atoms with Crippen LogP contribution in [-0.2, 0) is 0 Å². The van der Waals surface area contributed by atoms with Crippen LogP contribution in [0.15, 0.2) is 0 Å². The summed E-state index contributed by atoms with van der Waals surface area (Å²) in [5, 5.41) is 7.00. The Hall–Kier alpha value is -0.0800. The topological polar surface area (TPSA) is 23.5 Å². The maximum atomic E-state index is 7.00. The van der Waals surface area contributed by atoms with Crippen molar-refractivity contribution in [2.24, 2.45) is 0 Å². The van der Waals surface area contributed by atoms with Crippen molar-refractivity contribution in [3.8, 4) is 0 Å². The predicted octanol–water partition coefficient (Wildman–Crippen LogP) is 1.10. The predicted molar refractivity (Wildman–Crippen MR) is 44.1 cm³/mol. The summed E-state index contributed by atoms with van der Waals surface area (Å²) in [7, 11) is 3.21. The molecule has 0 aromatic carbocycles. The molecule has 1 aliphatic carbocycles. The Morgan fingerprint density at radius 2 is 1.90 bits per heavy atom. The highest BCUT2D eigenvalue weighted by atomic mass is 16.2. The molecule has 0 aliphatic heterocycles. The van der Waals surface area contributed by atoms with Crippen LogP contribution in [0.3, 0.4) is 0 Å². The van der Waals surface area contributed by atoms with Gasteiger partial charge in [-0.3, -0.25) is 0 Å². The van der Waals surface area contributed by atoms with Crippen LogP contribution >= 0.6 is 0 Å². The number of nitrogens with zero attached hydrogens (tertiary/aromatic N) is 1. The third-order valence-corrected chi connectivity index (χ3v) is 2.20. The van der Waals surface area contributed by atoms with E-state index in [9.17, 15) is 0 Å². The van der Waals surface area contributed by atoms with Gasteiger partial charge in [-0.15, -0.1) is 0 Å². The summed E-state index contributed by atoms with van der Waals surface area (Å²) in [6.45, 7) is 3.43. The van der Waals surface area contributed by atoms with Crippen LogP contribution in [0.25, 0.3) is 0 Å². The molecule has 0 aromatic heterocycles. The van der Waals surface area contributed by atoms with Crippen molar-refractivity contribution in [3.63, 3.8) is 0 Å². The number of hydrogen-bond donors (Lipinski definition) is 1. The monoisotopic (exact) mass is 145 g/mol. The molecule has 1 fully saturated rings. The van der Waals surface area contributed by atoms with E-state index in [1.165, 1.54) is 25.8 Å². The lowest BCUT2D eigenvalue weighted by Crippen LogP contribution is -2.36. The second kappa shape index (κ2) is 5.69.